The molecule has 0 saturated carbocycles. The van der Waals surface area contributed by atoms with Crippen molar-refractivity contribution in [2.45, 2.75) is 24.9 Å². The molecule has 1 fully saturated rings. The van der Waals surface area contributed by atoms with Crippen molar-refractivity contribution < 1.29 is 27.3 Å². The molecule has 3 aromatic heterocycles. The minimum absolute atomic E-state index is 0.0136. The van der Waals surface area contributed by atoms with Crippen LogP contribution in [0.15, 0.2) is 65.7 Å². The highest BCUT2D eigenvalue weighted by atomic mass is 79.9. The number of hydrogen-bond acceptors (Lipinski definition) is 9. The third-order valence-corrected chi connectivity index (χ3v) is 10.5. The molecule has 2 aromatic carbocycles. The smallest absolute Gasteiger partial charge is 0.471 e. The van der Waals surface area contributed by atoms with Crippen LogP contribution in [0.4, 0.5) is 36.3 Å². The number of pyridine rings is 1. The van der Waals surface area contributed by atoms with Gasteiger partial charge in [0.2, 0.25) is 5.95 Å². The van der Waals surface area contributed by atoms with Crippen molar-refractivity contribution in [3.05, 3.63) is 71.2 Å². The van der Waals surface area contributed by atoms with E-state index in [1.54, 1.807) is 43.6 Å². The Morgan fingerprint density at radius 1 is 1.04 bits per heavy atom. The highest BCUT2D eigenvalue weighted by molar-refractivity contribution is 9.10. The van der Waals surface area contributed by atoms with Crippen LogP contribution in [0.25, 0.3) is 22.0 Å². The molecule has 2 N–H and O–H groups in total. The second-order valence-corrected chi connectivity index (χ2v) is 16.1. The number of ether oxygens (including phenoxy) is 1. The topological polar surface area (TPSA) is 127 Å². The van der Waals surface area contributed by atoms with E-state index >= 15 is 0 Å². The number of likely N-dealkylation sites (tertiary alicyclic amines) is 1. The van der Waals surface area contributed by atoms with Crippen LogP contribution >= 0.6 is 23.1 Å². The molecular formula is C33H33BrF3N8O3P. The lowest BCUT2D eigenvalue weighted by atomic mass is 9.84. The number of alkyl halides is 3. The number of methoxy groups -OCH3 is 1. The van der Waals surface area contributed by atoms with Crippen molar-refractivity contribution in [1.29, 1.82) is 0 Å². The molecule has 1 saturated heterocycles. The summed E-state index contributed by atoms with van der Waals surface area (Å²) in [5.74, 6) is -0.832. The van der Waals surface area contributed by atoms with Crippen LogP contribution in [-0.4, -0.2) is 75.2 Å². The second-order valence-electron chi connectivity index (χ2n) is 12.1. The summed E-state index contributed by atoms with van der Waals surface area (Å²) < 4.78 is 60.7. The number of nitrogens with one attached hydrogen (secondary N) is 2. The van der Waals surface area contributed by atoms with Gasteiger partial charge in [-0.2, -0.15) is 23.3 Å². The number of para-hydroxylation sites is 1. The molecule has 1 aliphatic heterocycles. The van der Waals surface area contributed by atoms with Crippen molar-refractivity contribution in [2.75, 3.05) is 44.2 Å². The van der Waals surface area contributed by atoms with E-state index in [0.29, 0.717) is 45.6 Å². The summed E-state index contributed by atoms with van der Waals surface area (Å²) in [6, 6.07) is 11.3. The summed E-state index contributed by atoms with van der Waals surface area (Å²) >= 11 is 3.52. The fourth-order valence-corrected chi connectivity index (χ4v) is 7.90. The Morgan fingerprint density at radius 2 is 1.78 bits per heavy atom. The van der Waals surface area contributed by atoms with Crippen molar-refractivity contribution >= 4 is 68.3 Å². The van der Waals surface area contributed by atoms with Crippen LogP contribution in [0.5, 0.6) is 5.75 Å². The van der Waals surface area contributed by atoms with Gasteiger partial charge >= 0.3 is 12.1 Å². The van der Waals surface area contributed by atoms with E-state index in [9.17, 15) is 22.5 Å². The molecule has 0 aliphatic carbocycles. The number of carbonyl (C=O) groups excluding carboxylic acids is 1. The first-order valence-corrected chi connectivity index (χ1v) is 18.7. The zero-order chi connectivity index (χ0) is 35.1. The third-order valence-electron chi connectivity index (χ3n) is 8.38. The Morgan fingerprint density at radius 3 is 2.43 bits per heavy atom. The van der Waals surface area contributed by atoms with Crippen molar-refractivity contribution in [2.24, 2.45) is 7.05 Å². The maximum atomic E-state index is 13.5. The lowest BCUT2D eigenvalue weighted by Crippen LogP contribution is -2.45. The van der Waals surface area contributed by atoms with Gasteiger partial charge in [0.05, 0.1) is 40.9 Å². The molecule has 11 nitrogen and oxygen atoms in total. The monoisotopic (exact) mass is 756 g/mol. The molecule has 0 atom stereocenters. The summed E-state index contributed by atoms with van der Waals surface area (Å²) in [6.45, 7) is 3.40. The van der Waals surface area contributed by atoms with Crippen LogP contribution in [0.3, 0.4) is 0 Å². The minimum Gasteiger partial charge on any atom is -0.495 e. The van der Waals surface area contributed by atoms with Gasteiger partial charge in [-0.3, -0.25) is 14.5 Å². The third kappa shape index (κ3) is 7.28. The van der Waals surface area contributed by atoms with Crippen LogP contribution in [-0.2, 0) is 16.4 Å². The molecule has 0 radical (unpaired) electrons. The number of amides is 1. The van der Waals surface area contributed by atoms with Crippen LogP contribution in [0.2, 0.25) is 0 Å². The molecule has 0 bridgehead atoms. The first-order chi connectivity index (χ1) is 23.2. The molecular weight excluding hydrogens is 724 g/mol. The number of aromatic nitrogens is 5. The summed E-state index contributed by atoms with van der Waals surface area (Å²) in [5.41, 5.74) is 4.31. The first kappa shape index (κ1) is 34.4. The lowest BCUT2D eigenvalue weighted by Gasteiger charge is -2.33. The van der Waals surface area contributed by atoms with Crippen molar-refractivity contribution in [3.63, 3.8) is 0 Å². The number of nitrogens with zero attached hydrogens (tertiary/aromatic N) is 6. The highest BCUT2D eigenvalue weighted by Gasteiger charge is 2.43. The fraction of sp³-hybridized carbons (Fsp3) is 0.303. The second kappa shape index (κ2) is 13.4. The normalized spacial score (nSPS) is 14.2. The Kier molecular flexibility index (Phi) is 9.42. The number of hydrogen-bond donors (Lipinski definition) is 2. The van der Waals surface area contributed by atoms with E-state index in [2.05, 4.69) is 41.6 Å². The quantitative estimate of drug-likeness (QED) is 0.158. The van der Waals surface area contributed by atoms with E-state index in [4.69, 9.17) is 9.72 Å². The molecule has 6 rings (SSSR count). The zero-order valence-corrected chi connectivity index (χ0v) is 29.5. The van der Waals surface area contributed by atoms with Crippen LogP contribution in [0, 0.1) is 0 Å². The van der Waals surface area contributed by atoms with Gasteiger partial charge in [-0.15, -0.1) is 0 Å². The van der Waals surface area contributed by atoms with E-state index in [1.807, 2.05) is 42.6 Å². The Bertz CT molecular complexity index is 2090. The van der Waals surface area contributed by atoms with Crippen LogP contribution < -0.4 is 20.7 Å². The van der Waals surface area contributed by atoms with Gasteiger partial charge in [-0.1, -0.05) is 18.2 Å². The Balaban J connectivity index is 1.34. The molecule has 1 aliphatic rings. The minimum atomic E-state index is -4.91. The summed E-state index contributed by atoms with van der Waals surface area (Å²) in [5, 5.41) is 12.3. The number of carbonyl (C=O) groups is 1. The average Bonchev–Trinajstić information content (AvgIpc) is 3.50. The van der Waals surface area contributed by atoms with Gasteiger partial charge in [0.25, 0.3) is 0 Å². The summed E-state index contributed by atoms with van der Waals surface area (Å²) in [4.78, 5) is 26.4. The predicted octanol–water partition coefficient (Wildman–Crippen LogP) is 7.20. The lowest BCUT2D eigenvalue weighted by molar-refractivity contribution is -0.186. The van der Waals surface area contributed by atoms with Crippen LogP contribution in [0.1, 0.15) is 24.3 Å². The van der Waals surface area contributed by atoms with Gasteiger partial charge in [-0.25, -0.2) is 4.98 Å². The predicted molar refractivity (Wildman–Crippen MR) is 187 cm³/mol. The molecule has 1 amide bonds. The van der Waals surface area contributed by atoms with E-state index in [-0.39, 0.29) is 25.0 Å². The number of benzene rings is 2. The molecule has 0 spiro atoms. The number of anilines is 4. The summed E-state index contributed by atoms with van der Waals surface area (Å²) in [7, 11) is 0.553. The Hall–Kier alpha value is -4.49. The summed E-state index contributed by atoms with van der Waals surface area (Å²) in [6.07, 6.45) is 2.59. The standard InChI is InChI=1S/C33H33BrF3N8O3P/c1-44-18-20(15-40-44)22-13-26(28(48-2)14-23(22)19-9-11-45(12-10-19)31(46)33(35,36)37)42-32-39-16-24(34)30(43-32)41-27-17-38-25-8-6-5-7-21(25)29(27)49(3,4)47/h5-8,13-19H,9-12H2,1-4H3,(H2,39,41,42,43). The van der Waals surface area contributed by atoms with Gasteiger partial charge in [-0.05, 0) is 77.3 Å². The van der Waals surface area contributed by atoms with Gasteiger partial charge < -0.3 is 24.8 Å². The molecule has 5 aromatic rings. The molecule has 0 unspecified atom stereocenters. The number of halogens is 4. The largest absolute Gasteiger partial charge is 0.495 e. The SMILES string of the molecule is COc1cc(C2CCN(C(=O)C(F)(F)F)CC2)c(-c2cnn(C)c2)cc1Nc1ncc(Br)c(Nc2cnc3ccccc3c2P(C)(C)=O)n1. The molecule has 4 heterocycles. The number of piperidine rings is 1. The first-order valence-electron chi connectivity index (χ1n) is 15.3. The maximum Gasteiger partial charge on any atom is 0.471 e. The maximum absolute atomic E-state index is 13.5. The Labute approximate surface area is 288 Å². The van der Waals surface area contributed by atoms with Gasteiger partial charge in [0.1, 0.15) is 18.7 Å². The van der Waals surface area contributed by atoms with Crippen molar-refractivity contribution in [3.8, 4) is 16.9 Å². The van der Waals surface area contributed by atoms with E-state index < -0.39 is 19.2 Å². The molecule has 256 valence electrons. The fourth-order valence-electron chi connectivity index (χ4n) is 6.14. The molecule has 16 heteroatoms. The van der Waals surface area contributed by atoms with Gasteiger partial charge in [0.15, 0.2) is 0 Å². The number of rotatable bonds is 8. The number of fused-ring (bicyclic) bond motifs is 1. The number of aryl methyl sites for hydroxylation is 1. The zero-order valence-electron chi connectivity index (χ0n) is 27.0. The molecule has 49 heavy (non-hydrogen) atoms. The average molecular weight is 758 g/mol. The van der Waals surface area contributed by atoms with E-state index in [0.717, 1.165) is 32.5 Å². The highest BCUT2D eigenvalue weighted by Crippen LogP contribution is 2.43. The van der Waals surface area contributed by atoms with Crippen molar-refractivity contribution in [1.82, 2.24) is 29.6 Å². The van der Waals surface area contributed by atoms with E-state index in [1.165, 1.54) is 7.11 Å². The van der Waals surface area contributed by atoms with Gasteiger partial charge in [0, 0.05) is 48.8 Å².